The van der Waals surface area contributed by atoms with Gasteiger partial charge in [0.2, 0.25) is 0 Å². The predicted molar refractivity (Wildman–Crippen MR) is 159 cm³/mol. The fourth-order valence-corrected chi connectivity index (χ4v) is 5.40. The van der Waals surface area contributed by atoms with Crippen molar-refractivity contribution < 1.29 is 38.1 Å². The number of carbonyl (C=O) groups is 4. The Hall–Kier alpha value is -4.98. The summed E-state index contributed by atoms with van der Waals surface area (Å²) in [5.41, 5.74) is 4.33. The molecular weight excluding hydrogens is 548 g/mol. The number of ether oxygens (including phenoxy) is 4. The lowest BCUT2D eigenvalue weighted by atomic mass is 9.98. The first-order chi connectivity index (χ1) is 20.7. The third-order valence-electron chi connectivity index (χ3n) is 7.66. The minimum absolute atomic E-state index is 0.00157. The third-order valence-corrected chi connectivity index (χ3v) is 7.66. The summed E-state index contributed by atoms with van der Waals surface area (Å²) >= 11 is 0. The van der Waals surface area contributed by atoms with E-state index in [0.29, 0.717) is 11.3 Å². The molecule has 0 bridgehead atoms. The molecule has 0 amide bonds. The Morgan fingerprint density at radius 3 is 2.07 bits per heavy atom. The molecule has 2 aliphatic rings. The Balaban J connectivity index is 1.16. The van der Waals surface area contributed by atoms with E-state index in [0.717, 1.165) is 60.4 Å². The number of hydrogen-bond donors (Lipinski definition) is 0. The summed E-state index contributed by atoms with van der Waals surface area (Å²) in [7, 11) is 0. The molecule has 43 heavy (non-hydrogen) atoms. The van der Waals surface area contributed by atoms with Gasteiger partial charge in [0.25, 0.3) is 0 Å². The van der Waals surface area contributed by atoms with Crippen LogP contribution in [0.1, 0.15) is 72.9 Å². The normalized spacial score (nSPS) is 15.4. The average Bonchev–Trinajstić information content (AvgIpc) is 3.28. The summed E-state index contributed by atoms with van der Waals surface area (Å²) < 4.78 is 21.6. The highest BCUT2D eigenvalue weighted by atomic mass is 16.6. The third kappa shape index (κ3) is 6.92. The first kappa shape index (κ1) is 29.5. The van der Waals surface area contributed by atoms with Gasteiger partial charge in [-0.3, -0.25) is 4.79 Å². The maximum atomic E-state index is 13.0. The number of hydrogen-bond acceptors (Lipinski definition) is 8. The SMILES string of the molecule is C=CC(=O)Oc1ccc2c(c1)C(C)c1cc(C(=O)Oc3ccc(OC(=O)C(=C)CC(=O)OC4CCCCC4)cc3)ccc1-2. The molecule has 3 aromatic rings. The maximum Gasteiger partial charge on any atom is 0.343 e. The molecule has 1 atom stereocenters. The quantitative estimate of drug-likeness (QED) is 0.154. The van der Waals surface area contributed by atoms with E-state index in [1.807, 2.05) is 25.1 Å². The molecular formula is C35H32O8. The van der Waals surface area contributed by atoms with E-state index in [9.17, 15) is 19.2 Å². The molecule has 0 saturated heterocycles. The Bertz CT molecular complexity index is 1590. The van der Waals surface area contributed by atoms with Gasteiger partial charge >= 0.3 is 23.9 Å². The van der Waals surface area contributed by atoms with Gasteiger partial charge in [-0.2, -0.15) is 0 Å². The summed E-state index contributed by atoms with van der Waals surface area (Å²) in [4.78, 5) is 49.2. The number of benzene rings is 3. The van der Waals surface area contributed by atoms with E-state index in [1.165, 1.54) is 24.3 Å². The van der Waals surface area contributed by atoms with Crippen LogP contribution in [0.5, 0.6) is 17.2 Å². The highest BCUT2D eigenvalue weighted by Crippen LogP contribution is 2.46. The molecule has 220 valence electrons. The molecule has 0 N–H and O–H groups in total. The topological polar surface area (TPSA) is 105 Å². The molecule has 0 radical (unpaired) electrons. The smallest absolute Gasteiger partial charge is 0.343 e. The van der Waals surface area contributed by atoms with Crippen LogP contribution in [-0.4, -0.2) is 30.0 Å². The Morgan fingerprint density at radius 1 is 0.791 bits per heavy atom. The van der Waals surface area contributed by atoms with Crippen LogP contribution in [-0.2, 0) is 19.1 Å². The molecule has 0 heterocycles. The molecule has 0 aromatic heterocycles. The van der Waals surface area contributed by atoms with Crippen LogP contribution < -0.4 is 14.2 Å². The maximum absolute atomic E-state index is 13.0. The van der Waals surface area contributed by atoms with Crippen molar-refractivity contribution in [1.82, 2.24) is 0 Å². The Labute approximate surface area is 249 Å². The molecule has 3 aromatic carbocycles. The number of rotatable bonds is 9. The zero-order chi connectivity index (χ0) is 30.5. The van der Waals surface area contributed by atoms with Crippen LogP contribution in [0.3, 0.4) is 0 Å². The van der Waals surface area contributed by atoms with Gasteiger partial charge in [0.1, 0.15) is 23.4 Å². The lowest BCUT2D eigenvalue weighted by molar-refractivity contribution is -0.150. The minimum Gasteiger partial charge on any atom is -0.462 e. The molecule has 2 aliphatic carbocycles. The number of carbonyl (C=O) groups excluding carboxylic acids is 4. The fraction of sp³-hybridized carbons (Fsp3) is 0.257. The van der Waals surface area contributed by atoms with Crippen LogP contribution in [0.15, 0.2) is 85.5 Å². The predicted octanol–water partition coefficient (Wildman–Crippen LogP) is 6.86. The first-order valence-corrected chi connectivity index (χ1v) is 14.3. The zero-order valence-corrected chi connectivity index (χ0v) is 23.9. The van der Waals surface area contributed by atoms with E-state index in [4.69, 9.17) is 18.9 Å². The first-order valence-electron chi connectivity index (χ1n) is 14.3. The minimum atomic E-state index is -0.732. The van der Waals surface area contributed by atoms with Crippen molar-refractivity contribution in [1.29, 1.82) is 0 Å². The van der Waals surface area contributed by atoms with Crippen LogP contribution in [0, 0.1) is 0 Å². The van der Waals surface area contributed by atoms with Gasteiger partial charge in [-0.05, 0) is 96.5 Å². The number of fused-ring (bicyclic) bond motifs is 3. The monoisotopic (exact) mass is 580 g/mol. The summed E-state index contributed by atoms with van der Waals surface area (Å²) in [6.45, 7) is 9.11. The van der Waals surface area contributed by atoms with E-state index in [2.05, 4.69) is 13.2 Å². The van der Waals surface area contributed by atoms with Crippen molar-refractivity contribution >= 4 is 23.9 Å². The molecule has 0 spiro atoms. The molecule has 1 saturated carbocycles. The van der Waals surface area contributed by atoms with Crippen molar-refractivity contribution in [3.8, 4) is 28.4 Å². The van der Waals surface area contributed by atoms with Gasteiger partial charge in [0, 0.05) is 17.6 Å². The molecule has 1 fully saturated rings. The Kier molecular flexibility index (Phi) is 8.85. The van der Waals surface area contributed by atoms with E-state index >= 15 is 0 Å². The van der Waals surface area contributed by atoms with Crippen LogP contribution in [0.25, 0.3) is 11.1 Å². The van der Waals surface area contributed by atoms with Gasteiger partial charge in [0.15, 0.2) is 0 Å². The summed E-state index contributed by atoms with van der Waals surface area (Å²) in [5.74, 6) is -1.41. The van der Waals surface area contributed by atoms with Gasteiger partial charge in [0.05, 0.1) is 12.0 Å². The van der Waals surface area contributed by atoms with E-state index in [1.54, 1.807) is 18.2 Å². The van der Waals surface area contributed by atoms with Crippen molar-refractivity contribution in [2.45, 2.75) is 57.5 Å². The molecule has 8 nitrogen and oxygen atoms in total. The highest BCUT2D eigenvalue weighted by Gasteiger charge is 2.27. The largest absolute Gasteiger partial charge is 0.462 e. The molecule has 1 unspecified atom stereocenters. The standard InChI is InChI=1S/C35H32O8/c1-4-32(36)41-27-15-17-29-28-16-10-23(19-30(28)22(3)31(29)20-27)35(39)43-26-13-11-25(12-14-26)42-34(38)21(2)18-33(37)40-24-8-6-5-7-9-24/h4,10-17,19-20,22,24H,1-2,5-9,18H2,3H3. The van der Waals surface area contributed by atoms with E-state index in [-0.39, 0.29) is 35.5 Å². The van der Waals surface area contributed by atoms with Gasteiger partial charge in [-0.15, -0.1) is 0 Å². The van der Waals surface area contributed by atoms with Crippen LogP contribution in [0.2, 0.25) is 0 Å². The van der Waals surface area contributed by atoms with Crippen molar-refractivity contribution in [3.05, 3.63) is 102 Å². The summed E-state index contributed by atoms with van der Waals surface area (Å²) in [6.07, 6.45) is 5.68. The van der Waals surface area contributed by atoms with E-state index < -0.39 is 23.9 Å². The van der Waals surface area contributed by atoms with Crippen LogP contribution >= 0.6 is 0 Å². The van der Waals surface area contributed by atoms with Crippen molar-refractivity contribution in [2.24, 2.45) is 0 Å². The van der Waals surface area contributed by atoms with Crippen LogP contribution in [0.4, 0.5) is 0 Å². The molecule has 5 rings (SSSR count). The lowest BCUT2D eigenvalue weighted by Gasteiger charge is -2.21. The van der Waals surface area contributed by atoms with Crippen molar-refractivity contribution in [2.75, 3.05) is 0 Å². The zero-order valence-electron chi connectivity index (χ0n) is 23.9. The van der Waals surface area contributed by atoms with Gasteiger partial charge < -0.3 is 18.9 Å². The second-order valence-corrected chi connectivity index (χ2v) is 10.7. The average molecular weight is 581 g/mol. The lowest BCUT2D eigenvalue weighted by Crippen LogP contribution is -2.22. The Morgan fingerprint density at radius 2 is 1.40 bits per heavy atom. The van der Waals surface area contributed by atoms with Gasteiger partial charge in [-0.25, -0.2) is 14.4 Å². The van der Waals surface area contributed by atoms with Gasteiger partial charge in [-0.1, -0.05) is 38.6 Å². The highest BCUT2D eigenvalue weighted by molar-refractivity contribution is 5.95. The summed E-state index contributed by atoms with van der Waals surface area (Å²) in [6, 6.07) is 16.8. The van der Waals surface area contributed by atoms with Crippen molar-refractivity contribution in [3.63, 3.8) is 0 Å². The second kappa shape index (κ2) is 12.9. The molecule has 8 heteroatoms. The molecule has 0 aliphatic heterocycles. The second-order valence-electron chi connectivity index (χ2n) is 10.7. The fourth-order valence-electron chi connectivity index (χ4n) is 5.40. The summed E-state index contributed by atoms with van der Waals surface area (Å²) in [5, 5.41) is 0. The number of esters is 4.